The van der Waals surface area contributed by atoms with E-state index in [1.165, 1.54) is 0 Å². The number of hydrogen-bond donors (Lipinski definition) is 2. The Hall–Kier alpha value is -0.778. The Morgan fingerprint density at radius 2 is 1.76 bits per heavy atom. The molecule has 17 heavy (non-hydrogen) atoms. The van der Waals surface area contributed by atoms with Gasteiger partial charge < -0.3 is 14.5 Å². The molecular weight excluding hydrogens is 231 g/mol. The van der Waals surface area contributed by atoms with Crippen molar-refractivity contribution < 1.29 is 14.5 Å². The number of aryl methyl sites for hydroxylation is 1. The molecule has 1 aromatic rings. The second-order valence-electron chi connectivity index (χ2n) is 5.34. The molecule has 0 amide bonds. The molecular formula is C12H18BO3Si. The van der Waals surface area contributed by atoms with Gasteiger partial charge in [-0.25, -0.2) is 0 Å². The van der Waals surface area contributed by atoms with Gasteiger partial charge in [0.1, 0.15) is 5.75 Å². The molecule has 0 fully saturated rings. The molecule has 3 radical (unpaired) electrons. The van der Waals surface area contributed by atoms with Crippen LogP contribution < -0.4 is 9.89 Å². The van der Waals surface area contributed by atoms with E-state index in [1.54, 1.807) is 6.07 Å². The third-order valence-corrected chi connectivity index (χ3v) is 3.08. The summed E-state index contributed by atoms with van der Waals surface area (Å²) in [5, 5.41) is 18.7. The van der Waals surface area contributed by atoms with Crippen molar-refractivity contribution in [2.45, 2.75) is 40.0 Å². The quantitative estimate of drug-likeness (QED) is 0.760. The SMILES string of the molecule is Cc1cc(B(O)O)c(O[Si])c(C)c1C(C)(C)C. The van der Waals surface area contributed by atoms with E-state index >= 15 is 0 Å². The zero-order chi connectivity index (χ0) is 13.4. The summed E-state index contributed by atoms with van der Waals surface area (Å²) in [5.41, 5.74) is 3.48. The van der Waals surface area contributed by atoms with E-state index in [1.807, 2.05) is 13.8 Å². The molecule has 0 aliphatic carbocycles. The van der Waals surface area contributed by atoms with Crippen molar-refractivity contribution >= 4 is 23.1 Å². The molecule has 0 unspecified atom stereocenters. The summed E-state index contributed by atoms with van der Waals surface area (Å²) in [4.78, 5) is 0. The van der Waals surface area contributed by atoms with Crippen LogP contribution in [0.3, 0.4) is 0 Å². The van der Waals surface area contributed by atoms with Gasteiger partial charge >= 0.3 is 17.6 Å². The molecule has 1 aromatic carbocycles. The smallest absolute Gasteiger partial charge is 0.492 e. The fourth-order valence-corrected chi connectivity index (χ4v) is 2.75. The first kappa shape index (κ1) is 14.3. The highest BCUT2D eigenvalue weighted by Gasteiger charge is 2.26. The van der Waals surface area contributed by atoms with Crippen LogP contribution in [0.5, 0.6) is 5.75 Å². The lowest BCUT2D eigenvalue weighted by Crippen LogP contribution is -2.33. The lowest BCUT2D eigenvalue weighted by molar-refractivity contribution is 0.423. The van der Waals surface area contributed by atoms with Gasteiger partial charge in [-0.05, 0) is 36.0 Å². The van der Waals surface area contributed by atoms with Crippen LogP contribution in [0.4, 0.5) is 0 Å². The third kappa shape index (κ3) is 2.73. The summed E-state index contributed by atoms with van der Waals surface area (Å²) in [6.45, 7) is 10.3. The maximum atomic E-state index is 9.33. The molecule has 3 nitrogen and oxygen atoms in total. The van der Waals surface area contributed by atoms with Crippen LogP contribution in [0.15, 0.2) is 6.07 Å². The average Bonchev–Trinajstić information content (AvgIpc) is 2.14. The molecule has 0 aliphatic heterocycles. The van der Waals surface area contributed by atoms with Crippen molar-refractivity contribution in [3.05, 3.63) is 22.8 Å². The first-order valence-corrected chi connectivity index (χ1v) is 5.95. The summed E-state index contributed by atoms with van der Waals surface area (Å²) in [6, 6.07) is 1.76. The van der Waals surface area contributed by atoms with Gasteiger partial charge in [-0.15, -0.1) is 0 Å². The third-order valence-electron chi connectivity index (χ3n) is 2.87. The summed E-state index contributed by atoms with van der Waals surface area (Å²) < 4.78 is 5.11. The summed E-state index contributed by atoms with van der Waals surface area (Å²) in [5.74, 6) is 0.479. The van der Waals surface area contributed by atoms with E-state index in [9.17, 15) is 10.0 Å². The summed E-state index contributed by atoms with van der Waals surface area (Å²) in [6.07, 6.45) is 0. The van der Waals surface area contributed by atoms with Crippen molar-refractivity contribution in [3.63, 3.8) is 0 Å². The highest BCUT2D eigenvalue weighted by Crippen LogP contribution is 2.32. The number of benzene rings is 1. The molecule has 0 bridgehead atoms. The first-order chi connectivity index (χ1) is 7.70. The molecule has 5 heteroatoms. The monoisotopic (exact) mass is 249 g/mol. The fraction of sp³-hybridized carbons (Fsp3) is 0.500. The largest absolute Gasteiger partial charge is 0.540 e. The summed E-state index contributed by atoms with van der Waals surface area (Å²) in [7, 11) is 1.45. The zero-order valence-electron chi connectivity index (χ0n) is 11.0. The van der Waals surface area contributed by atoms with Crippen molar-refractivity contribution in [2.75, 3.05) is 0 Å². The molecule has 0 saturated carbocycles. The van der Waals surface area contributed by atoms with E-state index in [-0.39, 0.29) is 5.41 Å². The van der Waals surface area contributed by atoms with Crippen molar-refractivity contribution in [3.8, 4) is 5.75 Å². The second kappa shape index (κ2) is 4.84. The second-order valence-corrected chi connectivity index (χ2v) is 5.54. The molecule has 0 atom stereocenters. The Bertz CT molecular complexity index is 425. The van der Waals surface area contributed by atoms with Gasteiger partial charge in [-0.1, -0.05) is 26.8 Å². The lowest BCUT2D eigenvalue weighted by Gasteiger charge is -2.27. The average molecular weight is 249 g/mol. The first-order valence-electron chi connectivity index (χ1n) is 5.54. The van der Waals surface area contributed by atoms with Crippen LogP contribution in [0.25, 0.3) is 0 Å². The highest BCUT2D eigenvalue weighted by atomic mass is 28.2. The predicted octanol–water partition coefficient (Wildman–Crippen LogP) is 0.743. The van der Waals surface area contributed by atoms with Gasteiger partial charge in [-0.3, -0.25) is 0 Å². The standard InChI is InChI=1S/C12H18BO3Si/c1-7-6-9(13(14)15)11(16-17)8(2)10(7)12(3,4)5/h6,14-15H,1-5H3. The van der Waals surface area contributed by atoms with E-state index in [2.05, 4.69) is 31.3 Å². The Labute approximate surface area is 107 Å². The maximum absolute atomic E-state index is 9.33. The Balaban J connectivity index is 3.58. The van der Waals surface area contributed by atoms with Gasteiger partial charge in [-0.2, -0.15) is 0 Å². The number of rotatable bonds is 2. The lowest BCUT2D eigenvalue weighted by atomic mass is 9.73. The van der Waals surface area contributed by atoms with E-state index in [4.69, 9.17) is 4.43 Å². The minimum atomic E-state index is -1.53. The van der Waals surface area contributed by atoms with Crippen LogP contribution >= 0.6 is 0 Å². The van der Waals surface area contributed by atoms with Gasteiger partial charge in [0.05, 0.1) is 0 Å². The predicted molar refractivity (Wildman–Crippen MR) is 70.8 cm³/mol. The minimum absolute atomic E-state index is 0.0212. The molecule has 0 aromatic heterocycles. The highest BCUT2D eigenvalue weighted by molar-refractivity contribution is 6.60. The van der Waals surface area contributed by atoms with E-state index < -0.39 is 7.12 Å². The van der Waals surface area contributed by atoms with Gasteiger partial charge in [0, 0.05) is 5.46 Å². The Morgan fingerprint density at radius 1 is 1.24 bits per heavy atom. The van der Waals surface area contributed by atoms with Crippen LogP contribution in [0.1, 0.15) is 37.5 Å². The normalized spacial score (nSPS) is 11.5. The van der Waals surface area contributed by atoms with E-state index in [0.29, 0.717) is 11.2 Å². The molecule has 91 valence electrons. The molecule has 1 rings (SSSR count). The van der Waals surface area contributed by atoms with Gasteiger partial charge in [0.2, 0.25) is 0 Å². The molecule has 0 aliphatic rings. The fourth-order valence-electron chi connectivity index (χ4n) is 2.48. The summed E-state index contributed by atoms with van der Waals surface area (Å²) >= 11 is 0. The molecule has 2 N–H and O–H groups in total. The Kier molecular flexibility index (Phi) is 4.07. The van der Waals surface area contributed by atoms with E-state index in [0.717, 1.165) is 16.7 Å². The maximum Gasteiger partial charge on any atom is 0.492 e. The van der Waals surface area contributed by atoms with Crippen molar-refractivity contribution in [1.29, 1.82) is 0 Å². The minimum Gasteiger partial charge on any atom is -0.540 e. The zero-order valence-corrected chi connectivity index (χ0v) is 12.0. The van der Waals surface area contributed by atoms with Crippen molar-refractivity contribution in [1.82, 2.24) is 0 Å². The van der Waals surface area contributed by atoms with Crippen LogP contribution in [-0.4, -0.2) is 27.7 Å². The van der Waals surface area contributed by atoms with Crippen LogP contribution in [0, 0.1) is 13.8 Å². The van der Waals surface area contributed by atoms with Gasteiger partial charge in [0.15, 0.2) is 0 Å². The van der Waals surface area contributed by atoms with Crippen LogP contribution in [-0.2, 0) is 5.41 Å². The van der Waals surface area contributed by atoms with Crippen molar-refractivity contribution in [2.24, 2.45) is 0 Å². The van der Waals surface area contributed by atoms with Crippen LogP contribution in [0.2, 0.25) is 0 Å². The molecule has 0 saturated heterocycles. The molecule has 0 spiro atoms. The number of hydrogen-bond acceptors (Lipinski definition) is 3. The van der Waals surface area contributed by atoms with Gasteiger partial charge in [0.25, 0.3) is 0 Å². The molecule has 0 heterocycles. The topological polar surface area (TPSA) is 49.7 Å². The Morgan fingerprint density at radius 3 is 2.12 bits per heavy atom.